The van der Waals surface area contributed by atoms with Gasteiger partial charge in [-0.15, -0.1) is 0 Å². The van der Waals surface area contributed by atoms with Gasteiger partial charge in [0, 0.05) is 13.1 Å². The van der Waals surface area contributed by atoms with Crippen LogP contribution in [0.5, 0.6) is 0 Å². The third-order valence-electron chi connectivity index (χ3n) is 4.86. The quantitative estimate of drug-likeness (QED) is 0.827. The summed E-state index contributed by atoms with van der Waals surface area (Å²) in [5.41, 5.74) is -1.28. The van der Waals surface area contributed by atoms with E-state index in [9.17, 15) is 28.2 Å². The number of nitrogens with zero attached hydrogens (tertiary/aromatic N) is 1. The third-order valence-corrected chi connectivity index (χ3v) is 4.86. The van der Waals surface area contributed by atoms with Crippen LogP contribution in [0.1, 0.15) is 28.8 Å². The Morgan fingerprint density at radius 1 is 1.04 bits per heavy atom. The van der Waals surface area contributed by atoms with Crippen LogP contribution in [-0.4, -0.2) is 46.3 Å². The minimum Gasteiger partial charge on any atom is -0.390 e. The zero-order valence-corrected chi connectivity index (χ0v) is 12.3. The van der Waals surface area contributed by atoms with Crippen molar-refractivity contribution in [1.82, 2.24) is 4.90 Å². The molecule has 0 unspecified atom stereocenters. The second-order valence-electron chi connectivity index (χ2n) is 6.38. The number of likely N-dealkylation sites (tertiary alicyclic amines) is 1. The standard InChI is InChI=1S/C16H18F3NO3/c17-16(18,19)12-4-2-1-3-11(12)15(23)20-7-9-5-13(21)14(22)6-10(9)8-20/h1-4,9-10,13-14,21-22H,5-8H2/t9-,10+,13+,14-. The van der Waals surface area contributed by atoms with Crippen molar-refractivity contribution in [2.75, 3.05) is 13.1 Å². The highest BCUT2D eigenvalue weighted by Gasteiger charge is 2.44. The first kappa shape index (κ1) is 16.3. The Hall–Kier alpha value is -1.60. The molecule has 0 radical (unpaired) electrons. The van der Waals surface area contributed by atoms with Gasteiger partial charge in [0.15, 0.2) is 0 Å². The minimum absolute atomic E-state index is 0.0235. The van der Waals surface area contributed by atoms with Crippen LogP contribution in [0.15, 0.2) is 24.3 Å². The number of carbonyl (C=O) groups excluding carboxylic acids is 1. The molecule has 0 bridgehead atoms. The lowest BCUT2D eigenvalue weighted by Crippen LogP contribution is -2.38. The van der Waals surface area contributed by atoms with E-state index in [-0.39, 0.29) is 17.4 Å². The van der Waals surface area contributed by atoms with E-state index < -0.39 is 29.9 Å². The Labute approximate surface area is 131 Å². The molecular weight excluding hydrogens is 311 g/mol. The smallest absolute Gasteiger partial charge is 0.390 e. The van der Waals surface area contributed by atoms with Crippen LogP contribution in [-0.2, 0) is 6.18 Å². The van der Waals surface area contributed by atoms with Gasteiger partial charge in [-0.05, 0) is 36.8 Å². The number of fused-ring (bicyclic) bond motifs is 1. The molecule has 1 saturated carbocycles. The molecule has 126 valence electrons. The van der Waals surface area contributed by atoms with Gasteiger partial charge in [-0.3, -0.25) is 4.79 Å². The first-order chi connectivity index (χ1) is 10.8. The second-order valence-corrected chi connectivity index (χ2v) is 6.38. The summed E-state index contributed by atoms with van der Waals surface area (Å²) in [4.78, 5) is 13.9. The van der Waals surface area contributed by atoms with Gasteiger partial charge in [0.05, 0.1) is 23.3 Å². The Bertz CT molecular complexity index is 586. The molecular formula is C16H18F3NO3. The number of hydrogen-bond donors (Lipinski definition) is 2. The summed E-state index contributed by atoms with van der Waals surface area (Å²) in [6.45, 7) is 0.638. The molecule has 4 atom stereocenters. The van der Waals surface area contributed by atoms with Crippen molar-refractivity contribution >= 4 is 5.91 Å². The molecule has 1 aliphatic heterocycles. The fourth-order valence-electron chi connectivity index (χ4n) is 3.66. The summed E-state index contributed by atoms with van der Waals surface area (Å²) in [6, 6.07) is 4.77. The average Bonchev–Trinajstić information content (AvgIpc) is 2.89. The molecule has 4 nitrogen and oxygen atoms in total. The van der Waals surface area contributed by atoms with E-state index in [1.807, 2.05) is 0 Å². The van der Waals surface area contributed by atoms with E-state index in [0.29, 0.717) is 25.9 Å². The Morgan fingerprint density at radius 3 is 2.09 bits per heavy atom. The lowest BCUT2D eigenvalue weighted by molar-refractivity contribution is -0.138. The molecule has 1 saturated heterocycles. The van der Waals surface area contributed by atoms with Crippen LogP contribution < -0.4 is 0 Å². The molecule has 1 aromatic carbocycles. The molecule has 2 fully saturated rings. The molecule has 1 aliphatic carbocycles. The first-order valence-electron chi connectivity index (χ1n) is 7.59. The van der Waals surface area contributed by atoms with Gasteiger partial charge in [0.2, 0.25) is 0 Å². The third kappa shape index (κ3) is 3.07. The molecule has 1 heterocycles. The molecule has 2 N–H and O–H groups in total. The maximum absolute atomic E-state index is 13.1. The van der Waals surface area contributed by atoms with Crippen molar-refractivity contribution in [1.29, 1.82) is 0 Å². The molecule has 1 amide bonds. The summed E-state index contributed by atoms with van der Waals surface area (Å²) in [5.74, 6) is -0.595. The van der Waals surface area contributed by atoms with E-state index in [1.54, 1.807) is 0 Å². The summed E-state index contributed by atoms with van der Waals surface area (Å²) in [7, 11) is 0. The topological polar surface area (TPSA) is 60.8 Å². The van der Waals surface area contributed by atoms with E-state index >= 15 is 0 Å². The number of amides is 1. The van der Waals surface area contributed by atoms with Crippen LogP contribution in [0.2, 0.25) is 0 Å². The highest BCUT2D eigenvalue weighted by Crippen LogP contribution is 2.38. The number of aliphatic hydroxyl groups excluding tert-OH is 2. The van der Waals surface area contributed by atoms with Crippen LogP contribution >= 0.6 is 0 Å². The van der Waals surface area contributed by atoms with Crippen LogP contribution in [0.3, 0.4) is 0 Å². The molecule has 23 heavy (non-hydrogen) atoms. The van der Waals surface area contributed by atoms with Gasteiger partial charge in [0.25, 0.3) is 5.91 Å². The van der Waals surface area contributed by atoms with Crippen molar-refractivity contribution in [3.63, 3.8) is 0 Å². The predicted octanol–water partition coefficient (Wildman–Crippen LogP) is 1.91. The van der Waals surface area contributed by atoms with Gasteiger partial charge in [-0.25, -0.2) is 0 Å². The SMILES string of the molecule is O=C(c1ccccc1C(F)(F)F)N1C[C@H]2C[C@H](O)[C@H](O)C[C@H]2C1. The van der Waals surface area contributed by atoms with Crippen molar-refractivity contribution in [3.8, 4) is 0 Å². The fourth-order valence-corrected chi connectivity index (χ4v) is 3.66. The normalized spacial score (nSPS) is 31.1. The second kappa shape index (κ2) is 5.79. The first-order valence-corrected chi connectivity index (χ1v) is 7.59. The summed E-state index contributed by atoms with van der Waals surface area (Å²) in [5, 5.41) is 19.4. The maximum Gasteiger partial charge on any atom is 0.417 e. The summed E-state index contributed by atoms with van der Waals surface area (Å²) < 4.78 is 39.2. The average molecular weight is 329 g/mol. The molecule has 0 spiro atoms. The molecule has 1 aromatic rings. The predicted molar refractivity (Wildman–Crippen MR) is 75.6 cm³/mol. The molecule has 3 rings (SSSR count). The minimum atomic E-state index is -4.58. The summed E-state index contributed by atoms with van der Waals surface area (Å²) >= 11 is 0. The van der Waals surface area contributed by atoms with Crippen LogP contribution in [0, 0.1) is 11.8 Å². The number of rotatable bonds is 1. The van der Waals surface area contributed by atoms with Gasteiger partial charge in [-0.1, -0.05) is 12.1 Å². The zero-order chi connectivity index (χ0) is 16.8. The Morgan fingerprint density at radius 2 is 1.57 bits per heavy atom. The van der Waals surface area contributed by atoms with E-state index in [1.165, 1.54) is 23.1 Å². The monoisotopic (exact) mass is 329 g/mol. The fraction of sp³-hybridized carbons (Fsp3) is 0.562. The largest absolute Gasteiger partial charge is 0.417 e. The number of carbonyl (C=O) groups is 1. The molecule has 0 aromatic heterocycles. The van der Waals surface area contributed by atoms with Crippen LogP contribution in [0.25, 0.3) is 0 Å². The van der Waals surface area contributed by atoms with E-state index in [2.05, 4.69) is 0 Å². The van der Waals surface area contributed by atoms with E-state index in [4.69, 9.17) is 0 Å². The highest BCUT2D eigenvalue weighted by molar-refractivity contribution is 5.96. The van der Waals surface area contributed by atoms with Crippen molar-refractivity contribution in [2.24, 2.45) is 11.8 Å². The zero-order valence-electron chi connectivity index (χ0n) is 12.3. The van der Waals surface area contributed by atoms with Crippen molar-refractivity contribution in [2.45, 2.75) is 31.2 Å². The molecule has 2 aliphatic rings. The van der Waals surface area contributed by atoms with E-state index in [0.717, 1.165) is 6.07 Å². The van der Waals surface area contributed by atoms with Gasteiger partial charge in [-0.2, -0.15) is 13.2 Å². The maximum atomic E-state index is 13.1. The number of benzene rings is 1. The number of aliphatic hydroxyl groups is 2. The van der Waals surface area contributed by atoms with Crippen LogP contribution in [0.4, 0.5) is 13.2 Å². The lowest BCUT2D eigenvalue weighted by atomic mass is 9.79. The summed E-state index contributed by atoms with van der Waals surface area (Å²) in [6.07, 6.45) is -5.49. The van der Waals surface area contributed by atoms with Gasteiger partial charge in [0.1, 0.15) is 0 Å². The number of alkyl halides is 3. The van der Waals surface area contributed by atoms with Crippen molar-refractivity contribution < 1.29 is 28.2 Å². The van der Waals surface area contributed by atoms with Gasteiger partial charge >= 0.3 is 6.18 Å². The number of hydrogen-bond acceptors (Lipinski definition) is 3. The van der Waals surface area contributed by atoms with Gasteiger partial charge < -0.3 is 15.1 Å². The lowest BCUT2D eigenvalue weighted by Gasteiger charge is -2.31. The molecule has 7 heteroatoms. The Balaban J connectivity index is 1.81. The highest BCUT2D eigenvalue weighted by atomic mass is 19.4. The Kier molecular flexibility index (Phi) is 4.10. The number of halogens is 3. The van der Waals surface area contributed by atoms with Crippen molar-refractivity contribution in [3.05, 3.63) is 35.4 Å².